The molecule has 9 atom stereocenters. The van der Waals surface area contributed by atoms with Crippen LogP contribution in [0.3, 0.4) is 0 Å². The van der Waals surface area contributed by atoms with Gasteiger partial charge < -0.3 is 21.1 Å². The fourth-order valence-electron chi connectivity index (χ4n) is 10.6. The van der Waals surface area contributed by atoms with Gasteiger partial charge in [0.1, 0.15) is 6.10 Å². The van der Waals surface area contributed by atoms with Crippen LogP contribution in [0, 0.1) is 52.3 Å². The minimum Gasteiger partial charge on any atom is -0.446 e. The van der Waals surface area contributed by atoms with Crippen LogP contribution in [0.5, 0.6) is 0 Å². The molecule has 0 aromatic heterocycles. The van der Waals surface area contributed by atoms with Crippen LogP contribution >= 0.6 is 24.8 Å². The predicted octanol–water partition coefficient (Wildman–Crippen LogP) is 9.40. The van der Waals surface area contributed by atoms with E-state index in [0.717, 1.165) is 80.0 Å². The monoisotopic (exact) mass is 657 g/mol. The van der Waals surface area contributed by atoms with Crippen LogP contribution in [-0.4, -0.2) is 43.3 Å². The SMILES string of the molecule is CC[C@H](CC[C@@H](C)C1CCC2C3CC=C4CC(OC(=O)N(CCCN)CCCCN)CCC4(C)C3CCC21C)C(C)C.Cl.Cl. The Bertz CT molecular complexity index is 915. The number of hydrogen-bond acceptors (Lipinski definition) is 4. The van der Waals surface area contributed by atoms with Crippen molar-refractivity contribution < 1.29 is 9.53 Å². The summed E-state index contributed by atoms with van der Waals surface area (Å²) in [6.07, 6.45) is 19.3. The van der Waals surface area contributed by atoms with Crippen molar-refractivity contribution in [3.05, 3.63) is 11.6 Å². The molecule has 0 aromatic rings. The molecule has 7 unspecified atom stereocenters. The lowest BCUT2D eigenvalue weighted by atomic mass is 9.47. The Hall–Kier alpha value is -0.490. The summed E-state index contributed by atoms with van der Waals surface area (Å²) >= 11 is 0. The van der Waals surface area contributed by atoms with E-state index in [2.05, 4.69) is 47.6 Å². The number of nitrogens with two attached hydrogens (primary N) is 2. The van der Waals surface area contributed by atoms with Crippen molar-refractivity contribution in [2.24, 2.45) is 63.7 Å². The first-order chi connectivity index (χ1) is 20.1. The molecular weight excluding hydrogens is 589 g/mol. The first-order valence-corrected chi connectivity index (χ1v) is 18.1. The van der Waals surface area contributed by atoms with E-state index < -0.39 is 0 Å². The molecule has 44 heavy (non-hydrogen) atoms. The molecule has 3 fully saturated rings. The second kappa shape index (κ2) is 17.6. The van der Waals surface area contributed by atoms with E-state index in [4.69, 9.17) is 16.2 Å². The predicted molar refractivity (Wildman–Crippen MR) is 191 cm³/mol. The third kappa shape index (κ3) is 8.50. The normalized spacial score (nSPS) is 33.9. The fraction of sp³-hybridized carbons (Fsp3) is 0.919. The van der Waals surface area contributed by atoms with E-state index in [1.54, 1.807) is 5.57 Å². The number of carbonyl (C=O) groups excluding carboxylic acids is 1. The summed E-state index contributed by atoms with van der Waals surface area (Å²) in [5.74, 6) is 5.95. The first kappa shape index (κ1) is 39.7. The highest BCUT2D eigenvalue weighted by Crippen LogP contribution is 2.67. The summed E-state index contributed by atoms with van der Waals surface area (Å²) < 4.78 is 6.17. The first-order valence-electron chi connectivity index (χ1n) is 18.1. The van der Waals surface area contributed by atoms with E-state index in [1.807, 2.05) is 4.90 Å². The number of fused-ring (bicyclic) bond motifs is 5. The van der Waals surface area contributed by atoms with Gasteiger partial charge in [-0.1, -0.05) is 66.0 Å². The highest BCUT2D eigenvalue weighted by Gasteiger charge is 2.59. The van der Waals surface area contributed by atoms with E-state index in [-0.39, 0.29) is 42.4 Å². The lowest BCUT2D eigenvalue weighted by molar-refractivity contribution is -0.0595. The molecule has 5 nitrogen and oxygen atoms in total. The molecule has 3 saturated carbocycles. The standard InChI is InChI=1S/C37H67N3O2.2ClH/c1-7-28(26(2)3)12-11-27(4)32-15-16-33-31-14-13-29-25-30(17-19-36(29,5)34(31)18-20-37(32,33)6)42-35(41)40(24-10-22-39)23-9-8-21-38;;/h13,26-28,30-34H,7-12,14-25,38-39H2,1-6H3;2*1H/t27-,28-,30?,31?,32?,33?,34?,36?,37?;;/m1../s1. The largest absolute Gasteiger partial charge is 0.446 e. The lowest BCUT2D eigenvalue weighted by Gasteiger charge is -2.58. The molecule has 0 heterocycles. The Morgan fingerprint density at radius 2 is 1.66 bits per heavy atom. The van der Waals surface area contributed by atoms with Crippen molar-refractivity contribution in [2.45, 2.75) is 138 Å². The maximum atomic E-state index is 13.2. The maximum absolute atomic E-state index is 13.2. The summed E-state index contributed by atoms with van der Waals surface area (Å²) in [4.78, 5) is 15.0. The van der Waals surface area contributed by atoms with E-state index in [1.165, 1.54) is 51.4 Å². The van der Waals surface area contributed by atoms with E-state index in [0.29, 0.717) is 31.6 Å². The summed E-state index contributed by atoms with van der Waals surface area (Å²) in [6.45, 7) is 17.7. The Morgan fingerprint density at radius 1 is 0.955 bits per heavy atom. The zero-order valence-electron chi connectivity index (χ0n) is 29.2. The third-order valence-corrected chi connectivity index (χ3v) is 13.3. The average Bonchev–Trinajstić information content (AvgIpc) is 3.32. The van der Waals surface area contributed by atoms with Crippen LogP contribution < -0.4 is 11.5 Å². The second-order valence-corrected chi connectivity index (χ2v) is 15.8. The lowest BCUT2D eigenvalue weighted by Crippen LogP contribution is -2.51. The van der Waals surface area contributed by atoms with Crippen molar-refractivity contribution in [1.29, 1.82) is 0 Å². The third-order valence-electron chi connectivity index (χ3n) is 13.3. The molecule has 4 aliphatic carbocycles. The van der Waals surface area contributed by atoms with Gasteiger partial charge in [-0.2, -0.15) is 0 Å². The van der Waals surface area contributed by atoms with Gasteiger partial charge >= 0.3 is 6.09 Å². The van der Waals surface area contributed by atoms with Gasteiger partial charge in [-0.25, -0.2) is 4.79 Å². The van der Waals surface area contributed by atoms with Gasteiger partial charge in [0, 0.05) is 19.5 Å². The molecule has 258 valence electrons. The van der Waals surface area contributed by atoms with Crippen molar-refractivity contribution in [3.63, 3.8) is 0 Å². The molecule has 1 amide bonds. The summed E-state index contributed by atoms with van der Waals surface area (Å²) in [5, 5.41) is 0. The second-order valence-electron chi connectivity index (χ2n) is 15.8. The molecule has 0 spiro atoms. The maximum Gasteiger partial charge on any atom is 0.410 e. The Kier molecular flexibility index (Phi) is 15.9. The van der Waals surface area contributed by atoms with Crippen molar-refractivity contribution in [3.8, 4) is 0 Å². The van der Waals surface area contributed by atoms with Crippen LogP contribution in [-0.2, 0) is 4.74 Å². The highest BCUT2D eigenvalue weighted by atomic mass is 35.5. The Labute approximate surface area is 283 Å². The van der Waals surface area contributed by atoms with Crippen LogP contribution in [0.4, 0.5) is 4.79 Å². The van der Waals surface area contributed by atoms with Gasteiger partial charge in [-0.3, -0.25) is 0 Å². The van der Waals surface area contributed by atoms with Crippen LogP contribution in [0.2, 0.25) is 0 Å². The number of rotatable bonds is 14. The number of nitrogens with zero attached hydrogens (tertiary/aromatic N) is 1. The molecule has 0 saturated heterocycles. The molecule has 7 heteroatoms. The highest BCUT2D eigenvalue weighted by molar-refractivity contribution is 5.85. The summed E-state index contributed by atoms with van der Waals surface area (Å²) in [5.41, 5.74) is 13.8. The van der Waals surface area contributed by atoms with Gasteiger partial charge in [0.25, 0.3) is 0 Å². The average molecular weight is 659 g/mol. The molecule has 4 N–H and O–H groups in total. The molecule has 4 aliphatic rings. The molecule has 0 aliphatic heterocycles. The van der Waals surface area contributed by atoms with Crippen molar-refractivity contribution in [1.82, 2.24) is 4.90 Å². The number of carbonyl (C=O) groups is 1. The van der Waals surface area contributed by atoms with Crippen molar-refractivity contribution in [2.75, 3.05) is 26.2 Å². The molecular formula is C37H69Cl2N3O2. The van der Waals surface area contributed by atoms with E-state index in [9.17, 15) is 4.79 Å². The Morgan fingerprint density at radius 3 is 2.32 bits per heavy atom. The van der Waals surface area contributed by atoms with Crippen LogP contribution in [0.15, 0.2) is 11.6 Å². The van der Waals surface area contributed by atoms with Crippen molar-refractivity contribution >= 4 is 30.9 Å². The molecule has 0 aromatic carbocycles. The van der Waals surface area contributed by atoms with Gasteiger partial charge in [0.05, 0.1) is 0 Å². The number of allylic oxidation sites excluding steroid dienone is 1. The Balaban J connectivity index is 0.00000337. The quantitative estimate of drug-likeness (QED) is 0.144. The number of hydrogen-bond donors (Lipinski definition) is 2. The fourth-order valence-corrected chi connectivity index (χ4v) is 10.6. The zero-order chi connectivity index (χ0) is 30.5. The number of ether oxygens (including phenoxy) is 1. The van der Waals surface area contributed by atoms with Gasteiger partial charge in [-0.15, -0.1) is 24.8 Å². The van der Waals surface area contributed by atoms with Crippen LogP contribution in [0.1, 0.15) is 131 Å². The van der Waals surface area contributed by atoms with Gasteiger partial charge in [0.15, 0.2) is 0 Å². The van der Waals surface area contributed by atoms with Crippen LogP contribution in [0.25, 0.3) is 0 Å². The van der Waals surface area contributed by atoms with Gasteiger partial charge in [-0.05, 0) is 136 Å². The number of unbranched alkanes of at least 4 members (excludes halogenated alkanes) is 1. The minimum atomic E-state index is -0.151. The zero-order valence-corrected chi connectivity index (χ0v) is 30.8. The smallest absolute Gasteiger partial charge is 0.410 e. The summed E-state index contributed by atoms with van der Waals surface area (Å²) in [7, 11) is 0. The number of amides is 1. The minimum absolute atomic E-state index is 0. The summed E-state index contributed by atoms with van der Waals surface area (Å²) in [6, 6.07) is 0. The molecule has 4 rings (SSSR count). The topological polar surface area (TPSA) is 81.6 Å². The number of halogens is 2. The van der Waals surface area contributed by atoms with Gasteiger partial charge in [0.2, 0.25) is 0 Å². The molecule has 0 bridgehead atoms. The molecule has 0 radical (unpaired) electrons. The van der Waals surface area contributed by atoms with E-state index >= 15 is 0 Å².